The largest absolute Gasteiger partial charge is 0.481 e. The molecule has 1 aromatic carbocycles. The van der Waals surface area contributed by atoms with E-state index in [1.54, 1.807) is 18.3 Å². The van der Waals surface area contributed by atoms with E-state index in [2.05, 4.69) is 15.2 Å². The molecule has 1 aliphatic heterocycles. The lowest BCUT2D eigenvalue weighted by molar-refractivity contribution is 0.102. The summed E-state index contributed by atoms with van der Waals surface area (Å²) >= 11 is 0. The Morgan fingerprint density at radius 2 is 1.91 bits per heavy atom. The van der Waals surface area contributed by atoms with Crippen LogP contribution in [0.25, 0.3) is 0 Å². The van der Waals surface area contributed by atoms with Crippen molar-refractivity contribution in [2.45, 2.75) is 12.8 Å². The molecule has 5 heteroatoms. The minimum absolute atomic E-state index is 0.172. The van der Waals surface area contributed by atoms with Gasteiger partial charge in [-0.3, -0.25) is 4.79 Å². The number of hydrogen-bond acceptors (Lipinski definition) is 4. The number of pyridine rings is 1. The second kappa shape index (κ2) is 6.47. The van der Waals surface area contributed by atoms with E-state index in [1.807, 2.05) is 24.3 Å². The third-order valence-corrected chi connectivity index (χ3v) is 3.80. The average molecular weight is 297 g/mol. The van der Waals surface area contributed by atoms with E-state index in [1.165, 1.54) is 25.6 Å². The average Bonchev–Trinajstić information content (AvgIpc) is 3.10. The van der Waals surface area contributed by atoms with Crippen LogP contribution in [0.2, 0.25) is 0 Å². The van der Waals surface area contributed by atoms with E-state index in [0.717, 1.165) is 18.8 Å². The van der Waals surface area contributed by atoms with E-state index in [9.17, 15) is 4.79 Å². The summed E-state index contributed by atoms with van der Waals surface area (Å²) in [6, 6.07) is 11.3. The third kappa shape index (κ3) is 3.19. The number of amides is 1. The summed E-state index contributed by atoms with van der Waals surface area (Å²) in [5.74, 6) is 0.256. The molecule has 1 aromatic heterocycles. The number of nitrogens with zero attached hydrogens (tertiary/aromatic N) is 2. The number of hydrogen-bond donors (Lipinski definition) is 1. The lowest BCUT2D eigenvalue weighted by Gasteiger charge is -2.17. The van der Waals surface area contributed by atoms with E-state index in [4.69, 9.17) is 4.74 Å². The van der Waals surface area contributed by atoms with Crippen LogP contribution in [0.1, 0.15) is 23.2 Å². The van der Waals surface area contributed by atoms with Gasteiger partial charge in [-0.2, -0.15) is 0 Å². The Morgan fingerprint density at radius 3 is 2.59 bits per heavy atom. The summed E-state index contributed by atoms with van der Waals surface area (Å²) in [6.45, 7) is 2.23. The molecule has 1 fully saturated rings. The van der Waals surface area contributed by atoms with Gasteiger partial charge >= 0.3 is 0 Å². The van der Waals surface area contributed by atoms with Crippen LogP contribution in [0.4, 0.5) is 11.4 Å². The fourth-order valence-electron chi connectivity index (χ4n) is 2.60. The number of methoxy groups -OCH3 is 1. The zero-order valence-corrected chi connectivity index (χ0v) is 12.6. The Hall–Kier alpha value is -2.56. The Bertz CT molecular complexity index is 649. The molecule has 3 rings (SSSR count). The van der Waals surface area contributed by atoms with Crippen LogP contribution in [0.5, 0.6) is 5.88 Å². The van der Waals surface area contributed by atoms with Gasteiger partial charge in [-0.25, -0.2) is 4.98 Å². The van der Waals surface area contributed by atoms with E-state index >= 15 is 0 Å². The van der Waals surface area contributed by atoms with Gasteiger partial charge in [-0.15, -0.1) is 0 Å². The summed E-state index contributed by atoms with van der Waals surface area (Å²) in [7, 11) is 1.53. The number of rotatable bonds is 4. The van der Waals surface area contributed by atoms with Crippen LogP contribution in [-0.4, -0.2) is 31.1 Å². The standard InChI is InChI=1S/C17H19N3O2/c1-22-16-12-13(8-9-18-16)17(21)19-14-4-6-15(7-5-14)20-10-2-3-11-20/h4-9,12H,2-3,10-11H2,1H3,(H,19,21). The quantitative estimate of drug-likeness (QED) is 0.942. The molecule has 5 nitrogen and oxygen atoms in total. The van der Waals surface area contributed by atoms with Gasteiger partial charge in [0.25, 0.3) is 5.91 Å². The highest BCUT2D eigenvalue weighted by atomic mass is 16.5. The monoisotopic (exact) mass is 297 g/mol. The molecule has 0 unspecified atom stereocenters. The van der Waals surface area contributed by atoms with Crippen molar-refractivity contribution in [3.05, 3.63) is 48.2 Å². The number of aromatic nitrogens is 1. The molecule has 1 aliphatic rings. The fraction of sp³-hybridized carbons (Fsp3) is 0.294. The van der Waals surface area contributed by atoms with Gasteiger partial charge in [-0.05, 0) is 43.2 Å². The molecule has 1 saturated heterocycles. The molecule has 1 N–H and O–H groups in total. The van der Waals surface area contributed by atoms with Crippen molar-refractivity contribution in [3.63, 3.8) is 0 Å². The summed E-state index contributed by atoms with van der Waals surface area (Å²) in [6.07, 6.45) is 4.06. The van der Waals surface area contributed by atoms with Crippen LogP contribution >= 0.6 is 0 Å². The Morgan fingerprint density at radius 1 is 1.18 bits per heavy atom. The Labute approximate surface area is 129 Å². The van der Waals surface area contributed by atoms with Gasteiger partial charge in [0.05, 0.1) is 7.11 Å². The smallest absolute Gasteiger partial charge is 0.255 e. The maximum absolute atomic E-state index is 12.2. The third-order valence-electron chi connectivity index (χ3n) is 3.80. The summed E-state index contributed by atoms with van der Waals surface area (Å²) < 4.78 is 5.03. The number of ether oxygens (including phenoxy) is 1. The van der Waals surface area contributed by atoms with Gasteiger partial charge in [0, 0.05) is 42.3 Å². The first-order valence-electron chi connectivity index (χ1n) is 7.43. The molecule has 0 spiro atoms. The first kappa shape index (κ1) is 14.4. The predicted octanol–water partition coefficient (Wildman–Crippen LogP) is 2.94. The molecule has 2 heterocycles. The molecule has 0 atom stereocenters. The normalized spacial score (nSPS) is 14.0. The van der Waals surface area contributed by atoms with Crippen LogP contribution in [0.15, 0.2) is 42.6 Å². The van der Waals surface area contributed by atoms with Crippen molar-refractivity contribution in [2.75, 3.05) is 30.4 Å². The van der Waals surface area contributed by atoms with Crippen molar-refractivity contribution in [1.82, 2.24) is 4.98 Å². The highest BCUT2D eigenvalue weighted by Gasteiger charge is 2.12. The Kier molecular flexibility index (Phi) is 4.23. The fourth-order valence-corrected chi connectivity index (χ4v) is 2.60. The molecule has 0 saturated carbocycles. The highest BCUT2D eigenvalue weighted by molar-refractivity contribution is 6.04. The zero-order chi connectivity index (χ0) is 15.4. The highest BCUT2D eigenvalue weighted by Crippen LogP contribution is 2.22. The second-order valence-electron chi connectivity index (χ2n) is 5.28. The van der Waals surface area contributed by atoms with Gasteiger partial charge in [0.1, 0.15) is 0 Å². The second-order valence-corrected chi connectivity index (χ2v) is 5.28. The maximum Gasteiger partial charge on any atom is 0.255 e. The minimum atomic E-state index is -0.172. The lowest BCUT2D eigenvalue weighted by atomic mass is 10.2. The molecule has 22 heavy (non-hydrogen) atoms. The minimum Gasteiger partial charge on any atom is -0.481 e. The zero-order valence-electron chi connectivity index (χ0n) is 12.6. The van der Waals surface area contributed by atoms with Crippen molar-refractivity contribution >= 4 is 17.3 Å². The summed E-state index contributed by atoms with van der Waals surface area (Å²) in [5, 5.41) is 2.89. The van der Waals surface area contributed by atoms with E-state index < -0.39 is 0 Å². The van der Waals surface area contributed by atoms with Crippen molar-refractivity contribution < 1.29 is 9.53 Å². The van der Waals surface area contributed by atoms with Gasteiger partial charge in [-0.1, -0.05) is 0 Å². The van der Waals surface area contributed by atoms with Crippen LogP contribution in [0.3, 0.4) is 0 Å². The van der Waals surface area contributed by atoms with E-state index in [0.29, 0.717) is 11.4 Å². The van der Waals surface area contributed by atoms with Crippen molar-refractivity contribution in [2.24, 2.45) is 0 Å². The van der Waals surface area contributed by atoms with E-state index in [-0.39, 0.29) is 5.91 Å². The number of nitrogens with one attached hydrogen (secondary N) is 1. The number of benzene rings is 1. The topological polar surface area (TPSA) is 54.5 Å². The van der Waals surface area contributed by atoms with Gasteiger partial charge in [0.2, 0.25) is 5.88 Å². The van der Waals surface area contributed by atoms with Crippen LogP contribution in [0, 0.1) is 0 Å². The molecule has 0 radical (unpaired) electrons. The number of carbonyl (C=O) groups is 1. The molecule has 0 aliphatic carbocycles. The molecular formula is C17H19N3O2. The SMILES string of the molecule is COc1cc(C(=O)Nc2ccc(N3CCCC3)cc2)ccn1. The number of anilines is 2. The predicted molar refractivity (Wildman–Crippen MR) is 86.6 cm³/mol. The first-order valence-corrected chi connectivity index (χ1v) is 7.43. The maximum atomic E-state index is 12.2. The number of carbonyl (C=O) groups excluding carboxylic acids is 1. The molecular weight excluding hydrogens is 278 g/mol. The summed E-state index contributed by atoms with van der Waals surface area (Å²) in [4.78, 5) is 18.6. The van der Waals surface area contributed by atoms with Crippen molar-refractivity contribution in [1.29, 1.82) is 0 Å². The van der Waals surface area contributed by atoms with Gasteiger partial charge in [0.15, 0.2) is 0 Å². The molecule has 114 valence electrons. The van der Waals surface area contributed by atoms with Crippen LogP contribution < -0.4 is 15.0 Å². The lowest BCUT2D eigenvalue weighted by Crippen LogP contribution is -2.17. The van der Waals surface area contributed by atoms with Crippen LogP contribution in [-0.2, 0) is 0 Å². The Balaban J connectivity index is 1.68. The van der Waals surface area contributed by atoms with Crippen molar-refractivity contribution in [3.8, 4) is 5.88 Å². The molecule has 2 aromatic rings. The van der Waals surface area contributed by atoms with Gasteiger partial charge < -0.3 is 15.0 Å². The molecule has 0 bridgehead atoms. The molecule has 1 amide bonds. The first-order chi connectivity index (χ1) is 10.8. The summed E-state index contributed by atoms with van der Waals surface area (Å²) in [5.41, 5.74) is 2.51.